The number of hydrogen-bond donors (Lipinski definition) is 3. The van der Waals surface area contributed by atoms with E-state index in [1.54, 1.807) is 54.6 Å². The number of Topliss-reactive ketones (excluding diaryl/α,β-unsaturated/α-hetero) is 1. The molecule has 1 saturated heterocycles. The maximum absolute atomic E-state index is 14.4. The number of amides is 4. The number of ether oxygens (including phenoxy) is 1. The first-order valence-corrected chi connectivity index (χ1v) is 18.1. The molecule has 3 aromatic heterocycles. The van der Waals surface area contributed by atoms with E-state index >= 15 is 0 Å². The molecule has 1 aliphatic carbocycles. The average molecular weight is 785 g/mol. The zero-order chi connectivity index (χ0) is 37.4. The zero-order valence-corrected chi connectivity index (χ0v) is 31.0. The van der Waals surface area contributed by atoms with E-state index < -0.39 is 23.4 Å². The van der Waals surface area contributed by atoms with Gasteiger partial charge in [-0.2, -0.15) is 5.10 Å². The summed E-state index contributed by atoms with van der Waals surface area (Å²) in [4.78, 5) is 81.2. The number of carbonyl (C=O) groups is 5. The van der Waals surface area contributed by atoms with Crippen molar-refractivity contribution in [3.63, 3.8) is 0 Å². The summed E-state index contributed by atoms with van der Waals surface area (Å²) < 4.78 is 7.83. The molecule has 274 valence electrons. The van der Waals surface area contributed by atoms with Crippen molar-refractivity contribution < 1.29 is 28.7 Å². The number of anilines is 1. The Morgan fingerprint density at radius 2 is 1.83 bits per heavy atom. The SMILES string of the molecule is CC(=O)N[C@H]1C/C=C/COCc2ccc(Br)nc2NC(=O)[C@@H]2C[C@@]3(CNC1=O)CC3N2C(=O)Cn1nc(C(C)=O)c2cc(-c3cnc(C)nc3)ccc21. The number of likely N-dealkylation sites (tertiary alicyclic amines) is 1. The Bertz CT molecular complexity index is 2170. The summed E-state index contributed by atoms with van der Waals surface area (Å²) in [7, 11) is 0. The van der Waals surface area contributed by atoms with Crippen LogP contribution in [0, 0.1) is 12.3 Å². The molecule has 0 radical (unpaired) electrons. The first-order valence-electron chi connectivity index (χ1n) is 17.3. The third-order valence-corrected chi connectivity index (χ3v) is 10.4. The molecule has 7 rings (SSSR count). The van der Waals surface area contributed by atoms with Gasteiger partial charge < -0.3 is 25.6 Å². The summed E-state index contributed by atoms with van der Waals surface area (Å²) in [6.07, 6.45) is 8.08. The molecule has 1 saturated carbocycles. The van der Waals surface area contributed by atoms with Gasteiger partial charge in [0, 0.05) is 60.8 Å². The van der Waals surface area contributed by atoms with Crippen molar-refractivity contribution in [2.45, 2.75) is 71.3 Å². The summed E-state index contributed by atoms with van der Waals surface area (Å²) in [6, 6.07) is 7.00. The molecule has 5 heterocycles. The van der Waals surface area contributed by atoms with Crippen LogP contribution in [-0.4, -0.2) is 90.3 Å². The lowest BCUT2D eigenvalue weighted by molar-refractivity contribution is -0.138. The number of hydrogen-bond acceptors (Lipinski definition) is 10. The molecular formula is C37H38BrN9O6. The standard InChI is InChI=1S/C37H38BrN9O6/c1-20(48)33-26-12-23(25-15-39-21(2)40-16-25)7-9-28(26)46(45-33)17-32(50)47-29-13-37(14-30(37)47)19-41-35(51)27(42-22(3)49)6-4-5-11-53-18-24-8-10-31(38)43-34(24)44-36(29)52/h4-5,7-10,12,15-16,27,29-30H,6,11,13-14,17-19H2,1-3H3,(H,41,51)(H,42,49)(H,43,44,52)/b5-4+/t27-,29-,30?,37-/m0/s1. The topological polar surface area (TPSA) is 190 Å². The predicted molar refractivity (Wildman–Crippen MR) is 196 cm³/mol. The van der Waals surface area contributed by atoms with Gasteiger partial charge in [-0.05, 0) is 65.9 Å². The number of piperidine rings is 1. The molecule has 16 heteroatoms. The number of aryl methyl sites for hydroxylation is 1. The Morgan fingerprint density at radius 3 is 2.58 bits per heavy atom. The highest BCUT2D eigenvalue weighted by molar-refractivity contribution is 9.10. The van der Waals surface area contributed by atoms with E-state index in [9.17, 15) is 24.0 Å². The zero-order valence-electron chi connectivity index (χ0n) is 29.4. The van der Waals surface area contributed by atoms with E-state index in [0.717, 1.165) is 11.1 Å². The number of rotatable bonds is 5. The number of benzene rings is 1. The first kappa shape index (κ1) is 36.0. The maximum Gasteiger partial charge on any atom is 0.248 e. The Morgan fingerprint density at radius 1 is 1.04 bits per heavy atom. The normalized spacial score (nSPS) is 23.6. The van der Waals surface area contributed by atoms with Crippen molar-refractivity contribution in [3.05, 3.63) is 76.6 Å². The van der Waals surface area contributed by atoms with Crippen LogP contribution in [-0.2, 0) is 37.1 Å². The second-order valence-corrected chi connectivity index (χ2v) is 14.6. The van der Waals surface area contributed by atoms with Crippen LogP contribution in [0.1, 0.15) is 55.0 Å². The fourth-order valence-corrected chi connectivity index (χ4v) is 7.56. The van der Waals surface area contributed by atoms with Gasteiger partial charge in [-0.1, -0.05) is 24.3 Å². The molecule has 1 unspecified atom stereocenters. The molecule has 2 aliphatic heterocycles. The number of ketones is 1. The van der Waals surface area contributed by atoms with Crippen molar-refractivity contribution in [1.29, 1.82) is 0 Å². The molecule has 4 amide bonds. The number of carbonyl (C=O) groups excluding carboxylic acids is 5. The van der Waals surface area contributed by atoms with Gasteiger partial charge >= 0.3 is 0 Å². The predicted octanol–water partition coefficient (Wildman–Crippen LogP) is 3.26. The van der Waals surface area contributed by atoms with Crippen LogP contribution >= 0.6 is 15.9 Å². The second-order valence-electron chi connectivity index (χ2n) is 13.7. The van der Waals surface area contributed by atoms with Crippen molar-refractivity contribution in [1.82, 2.24) is 40.3 Å². The molecule has 2 bridgehead atoms. The highest BCUT2D eigenvalue weighted by Gasteiger charge is 2.67. The second kappa shape index (κ2) is 14.6. The van der Waals surface area contributed by atoms with Gasteiger partial charge in [0.05, 0.1) is 18.7 Å². The summed E-state index contributed by atoms with van der Waals surface area (Å²) in [5.41, 5.74) is 2.44. The van der Waals surface area contributed by atoms with Crippen molar-refractivity contribution in [2.75, 3.05) is 18.5 Å². The minimum atomic E-state index is -0.890. The van der Waals surface area contributed by atoms with E-state index in [2.05, 4.69) is 51.9 Å². The Kier molecular flexibility index (Phi) is 9.91. The maximum atomic E-state index is 14.4. The van der Waals surface area contributed by atoms with Crippen molar-refractivity contribution >= 4 is 62.1 Å². The van der Waals surface area contributed by atoms with Crippen LogP contribution in [0.4, 0.5) is 5.82 Å². The number of aromatic nitrogens is 5. The van der Waals surface area contributed by atoms with Gasteiger partial charge in [0.25, 0.3) is 0 Å². The summed E-state index contributed by atoms with van der Waals surface area (Å²) >= 11 is 3.39. The summed E-state index contributed by atoms with van der Waals surface area (Å²) in [5.74, 6) is -0.817. The molecule has 1 aromatic carbocycles. The Hall–Kier alpha value is -5.35. The van der Waals surface area contributed by atoms with Crippen LogP contribution in [0.15, 0.2) is 59.5 Å². The lowest BCUT2D eigenvalue weighted by Crippen LogP contribution is -2.47. The largest absolute Gasteiger partial charge is 0.373 e. The van der Waals surface area contributed by atoms with Gasteiger partial charge in [-0.15, -0.1) is 0 Å². The third-order valence-electron chi connectivity index (χ3n) is 10.00. The van der Waals surface area contributed by atoms with E-state index in [0.29, 0.717) is 45.6 Å². The van der Waals surface area contributed by atoms with Gasteiger partial charge in [-0.25, -0.2) is 15.0 Å². The highest BCUT2D eigenvalue weighted by Crippen LogP contribution is 2.59. The smallest absolute Gasteiger partial charge is 0.248 e. The molecule has 15 nitrogen and oxygen atoms in total. The van der Waals surface area contributed by atoms with E-state index in [1.165, 1.54) is 18.5 Å². The van der Waals surface area contributed by atoms with E-state index in [4.69, 9.17) is 4.74 Å². The highest BCUT2D eigenvalue weighted by atomic mass is 79.9. The molecule has 3 aliphatic rings. The number of halogens is 1. The van der Waals surface area contributed by atoms with Crippen LogP contribution in [0.25, 0.3) is 22.0 Å². The van der Waals surface area contributed by atoms with Crippen LogP contribution in [0.3, 0.4) is 0 Å². The Balaban J connectivity index is 1.20. The molecule has 2 fully saturated rings. The number of nitrogens with one attached hydrogen (secondary N) is 3. The van der Waals surface area contributed by atoms with E-state index in [1.807, 2.05) is 12.1 Å². The number of pyridine rings is 1. The lowest BCUT2D eigenvalue weighted by Gasteiger charge is -2.27. The summed E-state index contributed by atoms with van der Waals surface area (Å²) in [5, 5.41) is 13.8. The Labute approximate surface area is 313 Å². The lowest BCUT2D eigenvalue weighted by atomic mass is 9.98. The molecular weight excluding hydrogens is 746 g/mol. The third kappa shape index (κ3) is 7.46. The summed E-state index contributed by atoms with van der Waals surface area (Å²) in [6.45, 7) is 4.91. The first-order chi connectivity index (χ1) is 25.4. The minimum Gasteiger partial charge on any atom is -0.373 e. The number of nitrogens with zero attached hydrogens (tertiary/aromatic N) is 6. The minimum absolute atomic E-state index is 0.138. The monoisotopic (exact) mass is 783 g/mol. The van der Waals surface area contributed by atoms with Crippen molar-refractivity contribution in [2.24, 2.45) is 5.41 Å². The fraction of sp³-hybridized carbons (Fsp3) is 0.378. The van der Waals surface area contributed by atoms with Crippen LogP contribution in [0.2, 0.25) is 0 Å². The molecule has 3 N–H and O–H groups in total. The fourth-order valence-electron chi connectivity index (χ4n) is 7.25. The molecule has 1 spiro atoms. The number of fused-ring (bicyclic) bond motifs is 3. The molecule has 4 atom stereocenters. The van der Waals surface area contributed by atoms with Crippen LogP contribution < -0.4 is 16.0 Å². The van der Waals surface area contributed by atoms with Gasteiger partial charge in [0.1, 0.15) is 40.6 Å². The van der Waals surface area contributed by atoms with Gasteiger partial charge in [0.2, 0.25) is 23.6 Å². The van der Waals surface area contributed by atoms with Crippen molar-refractivity contribution in [3.8, 4) is 11.1 Å². The van der Waals surface area contributed by atoms with E-state index in [-0.39, 0.29) is 68.0 Å². The average Bonchev–Trinajstić information content (AvgIpc) is 3.54. The quantitative estimate of drug-likeness (QED) is 0.154. The van der Waals surface area contributed by atoms with Crippen LogP contribution in [0.5, 0.6) is 0 Å². The molecule has 53 heavy (non-hydrogen) atoms. The van der Waals surface area contributed by atoms with Gasteiger partial charge in [0.15, 0.2) is 5.78 Å². The molecule has 4 aromatic rings. The van der Waals surface area contributed by atoms with Gasteiger partial charge in [-0.3, -0.25) is 28.7 Å².